The maximum Gasteiger partial charge on any atom is 0.259 e. The van der Waals surface area contributed by atoms with Crippen molar-refractivity contribution in [3.8, 4) is 11.5 Å². The third kappa shape index (κ3) is 3.30. The summed E-state index contributed by atoms with van der Waals surface area (Å²) in [7, 11) is 0. The van der Waals surface area contributed by atoms with Gasteiger partial charge in [-0.25, -0.2) is 0 Å². The molecule has 0 atom stereocenters. The fourth-order valence-corrected chi connectivity index (χ4v) is 3.60. The molecule has 20 heavy (non-hydrogen) atoms. The Morgan fingerprint density at radius 3 is 2.90 bits per heavy atom. The van der Waals surface area contributed by atoms with Gasteiger partial charge < -0.3 is 10.3 Å². The molecule has 0 aromatic carbocycles. The van der Waals surface area contributed by atoms with Crippen LogP contribution < -0.4 is 5.73 Å². The average Bonchev–Trinajstić information content (AvgIpc) is 2.95. The molecule has 0 bridgehead atoms. The molecule has 6 heteroatoms. The Hall–Kier alpha value is -1.56. The zero-order valence-electron chi connectivity index (χ0n) is 11.3. The first-order valence-electron chi connectivity index (χ1n) is 6.96. The molecule has 0 amide bonds. The van der Waals surface area contributed by atoms with E-state index in [9.17, 15) is 0 Å². The Balaban J connectivity index is 1.61. The van der Waals surface area contributed by atoms with Gasteiger partial charge in [0.15, 0.2) is 5.82 Å². The number of nitrogen functional groups attached to an aromatic ring is 1. The van der Waals surface area contributed by atoms with Crippen molar-refractivity contribution >= 4 is 17.4 Å². The molecule has 1 fully saturated rings. The summed E-state index contributed by atoms with van der Waals surface area (Å²) in [5.41, 5.74) is 7.07. The standard InChI is InChI=1S/C14H18N4OS/c15-11-6-10(7-16-8-11)14-17-13(18-19-14)9-20-12-4-2-1-3-5-12/h6-8,12H,1-5,9,15H2. The molecule has 1 aliphatic carbocycles. The van der Waals surface area contributed by atoms with Crippen LogP contribution in [0.2, 0.25) is 0 Å². The van der Waals surface area contributed by atoms with Crippen molar-refractivity contribution in [3.63, 3.8) is 0 Å². The van der Waals surface area contributed by atoms with Crippen LogP contribution in [-0.2, 0) is 5.75 Å². The van der Waals surface area contributed by atoms with Crippen molar-refractivity contribution in [1.29, 1.82) is 0 Å². The summed E-state index contributed by atoms with van der Waals surface area (Å²) in [6.45, 7) is 0. The van der Waals surface area contributed by atoms with E-state index < -0.39 is 0 Å². The van der Waals surface area contributed by atoms with Crippen molar-refractivity contribution in [2.75, 3.05) is 5.73 Å². The molecule has 0 aliphatic heterocycles. The van der Waals surface area contributed by atoms with Crippen LogP contribution in [0.25, 0.3) is 11.5 Å². The lowest BCUT2D eigenvalue weighted by Gasteiger charge is -2.19. The molecule has 0 spiro atoms. The third-order valence-electron chi connectivity index (χ3n) is 3.47. The highest BCUT2D eigenvalue weighted by atomic mass is 32.2. The zero-order chi connectivity index (χ0) is 13.8. The summed E-state index contributed by atoms with van der Waals surface area (Å²) in [5.74, 6) is 2.05. The smallest absolute Gasteiger partial charge is 0.259 e. The number of rotatable bonds is 4. The van der Waals surface area contributed by atoms with Gasteiger partial charge in [-0.2, -0.15) is 16.7 Å². The normalized spacial score (nSPS) is 16.4. The number of thioether (sulfide) groups is 1. The SMILES string of the molecule is Nc1cncc(-c2nc(CSC3CCCCC3)no2)c1. The van der Waals surface area contributed by atoms with E-state index in [1.807, 2.05) is 11.8 Å². The first kappa shape index (κ1) is 13.4. The highest BCUT2D eigenvalue weighted by Crippen LogP contribution is 2.30. The minimum Gasteiger partial charge on any atom is -0.397 e. The molecule has 2 aromatic heterocycles. The van der Waals surface area contributed by atoms with E-state index in [0.29, 0.717) is 11.6 Å². The van der Waals surface area contributed by atoms with E-state index in [1.165, 1.54) is 32.1 Å². The predicted octanol–water partition coefficient (Wildman–Crippen LogP) is 3.28. The number of nitrogens with two attached hydrogens (primary N) is 1. The average molecular weight is 290 g/mol. The Morgan fingerprint density at radius 2 is 2.10 bits per heavy atom. The van der Waals surface area contributed by atoms with Gasteiger partial charge in [-0.3, -0.25) is 4.98 Å². The molecular weight excluding hydrogens is 272 g/mol. The van der Waals surface area contributed by atoms with Crippen molar-refractivity contribution in [3.05, 3.63) is 24.3 Å². The maximum absolute atomic E-state index is 5.70. The van der Waals surface area contributed by atoms with Crippen LogP contribution in [0, 0.1) is 0 Å². The topological polar surface area (TPSA) is 77.8 Å². The Labute approximate surface area is 122 Å². The molecule has 3 rings (SSSR count). The van der Waals surface area contributed by atoms with Gasteiger partial charge in [0.2, 0.25) is 0 Å². The van der Waals surface area contributed by atoms with Gasteiger partial charge >= 0.3 is 0 Å². The predicted molar refractivity (Wildman–Crippen MR) is 80.1 cm³/mol. The van der Waals surface area contributed by atoms with Gasteiger partial charge in [0.25, 0.3) is 5.89 Å². The molecule has 5 nitrogen and oxygen atoms in total. The molecule has 2 N–H and O–H groups in total. The molecule has 0 unspecified atom stereocenters. The summed E-state index contributed by atoms with van der Waals surface area (Å²) in [6, 6.07) is 1.79. The fourth-order valence-electron chi connectivity index (χ4n) is 2.43. The molecule has 0 radical (unpaired) electrons. The fraction of sp³-hybridized carbons (Fsp3) is 0.500. The van der Waals surface area contributed by atoms with Crippen LogP contribution in [0.3, 0.4) is 0 Å². The van der Waals surface area contributed by atoms with Gasteiger partial charge in [-0.1, -0.05) is 24.4 Å². The van der Waals surface area contributed by atoms with Crippen molar-refractivity contribution < 1.29 is 4.52 Å². The summed E-state index contributed by atoms with van der Waals surface area (Å²) in [6.07, 6.45) is 9.99. The van der Waals surface area contributed by atoms with Gasteiger partial charge in [-0.15, -0.1) is 0 Å². The lowest BCUT2D eigenvalue weighted by atomic mass is 10.0. The highest BCUT2D eigenvalue weighted by Gasteiger charge is 2.16. The van der Waals surface area contributed by atoms with Gasteiger partial charge in [0.1, 0.15) is 0 Å². The van der Waals surface area contributed by atoms with E-state index in [-0.39, 0.29) is 0 Å². The maximum atomic E-state index is 5.70. The van der Waals surface area contributed by atoms with Crippen LogP contribution in [-0.4, -0.2) is 20.4 Å². The lowest BCUT2D eigenvalue weighted by Crippen LogP contribution is -2.08. The lowest BCUT2D eigenvalue weighted by molar-refractivity contribution is 0.425. The van der Waals surface area contributed by atoms with E-state index in [0.717, 1.165) is 22.4 Å². The van der Waals surface area contributed by atoms with Crippen LogP contribution in [0.15, 0.2) is 23.0 Å². The summed E-state index contributed by atoms with van der Waals surface area (Å²) >= 11 is 1.94. The number of hydrogen-bond donors (Lipinski definition) is 1. The van der Waals surface area contributed by atoms with E-state index >= 15 is 0 Å². The second-order valence-corrected chi connectivity index (χ2v) is 6.38. The number of hydrogen-bond acceptors (Lipinski definition) is 6. The second kappa shape index (κ2) is 6.26. The molecule has 2 aromatic rings. The third-order valence-corrected chi connectivity index (χ3v) is 4.84. The van der Waals surface area contributed by atoms with Crippen LogP contribution in [0.5, 0.6) is 0 Å². The Morgan fingerprint density at radius 1 is 1.25 bits per heavy atom. The van der Waals surface area contributed by atoms with Gasteiger partial charge in [0.05, 0.1) is 17.0 Å². The van der Waals surface area contributed by atoms with E-state index in [2.05, 4.69) is 15.1 Å². The molecule has 2 heterocycles. The minimum atomic E-state index is 0.490. The largest absolute Gasteiger partial charge is 0.397 e. The first-order valence-corrected chi connectivity index (χ1v) is 8.01. The first-order chi connectivity index (χ1) is 9.81. The van der Waals surface area contributed by atoms with Crippen molar-refractivity contribution in [2.45, 2.75) is 43.1 Å². The molecular formula is C14H18N4OS. The number of anilines is 1. The highest BCUT2D eigenvalue weighted by molar-refractivity contribution is 7.99. The number of nitrogens with zero attached hydrogens (tertiary/aromatic N) is 3. The monoisotopic (exact) mass is 290 g/mol. The van der Waals surface area contributed by atoms with Crippen LogP contribution >= 0.6 is 11.8 Å². The van der Waals surface area contributed by atoms with Gasteiger partial charge in [0, 0.05) is 17.6 Å². The minimum absolute atomic E-state index is 0.490. The Kier molecular flexibility index (Phi) is 4.20. The van der Waals surface area contributed by atoms with Gasteiger partial charge in [-0.05, 0) is 18.9 Å². The van der Waals surface area contributed by atoms with Crippen LogP contribution in [0.4, 0.5) is 5.69 Å². The van der Waals surface area contributed by atoms with Crippen molar-refractivity contribution in [1.82, 2.24) is 15.1 Å². The molecule has 106 valence electrons. The van der Waals surface area contributed by atoms with Crippen molar-refractivity contribution in [2.24, 2.45) is 0 Å². The summed E-state index contributed by atoms with van der Waals surface area (Å²) < 4.78 is 5.28. The molecule has 1 saturated carbocycles. The summed E-state index contributed by atoms with van der Waals surface area (Å²) in [5, 5.41) is 4.78. The van der Waals surface area contributed by atoms with E-state index in [1.54, 1.807) is 18.5 Å². The molecule has 1 aliphatic rings. The quantitative estimate of drug-likeness (QED) is 0.931. The summed E-state index contributed by atoms with van der Waals surface area (Å²) in [4.78, 5) is 8.44. The van der Waals surface area contributed by atoms with Crippen LogP contribution in [0.1, 0.15) is 37.9 Å². The number of aromatic nitrogens is 3. The Bertz CT molecular complexity index is 566. The zero-order valence-corrected chi connectivity index (χ0v) is 12.1. The van der Waals surface area contributed by atoms with E-state index in [4.69, 9.17) is 10.3 Å². The number of pyridine rings is 1. The molecule has 0 saturated heterocycles. The second-order valence-electron chi connectivity index (χ2n) is 5.09.